The smallest absolute Gasteiger partial charge is 0.273 e. The zero-order valence-electron chi connectivity index (χ0n) is 13.8. The van der Waals surface area contributed by atoms with Gasteiger partial charge in [-0.15, -0.1) is 0 Å². The fraction of sp³-hybridized carbons (Fsp3) is 0.733. The largest absolute Gasteiger partial charge is 0.446 e. The third-order valence-electron chi connectivity index (χ3n) is 3.54. The van der Waals surface area contributed by atoms with Gasteiger partial charge >= 0.3 is 0 Å². The number of hydrogen-bond donors (Lipinski definition) is 2. The summed E-state index contributed by atoms with van der Waals surface area (Å²) in [4.78, 5) is 18.5. The molecule has 0 fully saturated rings. The fourth-order valence-electron chi connectivity index (χ4n) is 2.07. The molecule has 0 spiro atoms. The highest BCUT2D eigenvalue weighted by Crippen LogP contribution is 2.15. The van der Waals surface area contributed by atoms with E-state index in [4.69, 9.17) is 10.2 Å². The van der Waals surface area contributed by atoms with E-state index in [1.165, 1.54) is 6.26 Å². The van der Waals surface area contributed by atoms with Crippen molar-refractivity contribution >= 4 is 17.7 Å². The molecule has 1 amide bonds. The lowest BCUT2D eigenvalue weighted by atomic mass is 10.2. The molecule has 0 saturated heterocycles. The Labute approximate surface area is 137 Å². The molecule has 0 radical (unpaired) electrons. The number of oxazole rings is 1. The molecule has 0 aliphatic heterocycles. The van der Waals surface area contributed by atoms with Gasteiger partial charge in [0, 0.05) is 6.54 Å². The molecule has 126 valence electrons. The summed E-state index contributed by atoms with van der Waals surface area (Å²) in [6.45, 7) is 7.96. The Hall–Kier alpha value is -1.05. The summed E-state index contributed by atoms with van der Waals surface area (Å²) in [6, 6.07) is -0.253. The Morgan fingerprint density at radius 2 is 2.23 bits per heavy atom. The average Bonchev–Trinajstić information content (AvgIpc) is 3.02. The van der Waals surface area contributed by atoms with Crippen molar-refractivity contribution in [1.29, 1.82) is 0 Å². The number of thioether (sulfide) groups is 1. The van der Waals surface area contributed by atoms with Crippen molar-refractivity contribution in [3.05, 3.63) is 17.8 Å². The first-order valence-electron chi connectivity index (χ1n) is 7.82. The summed E-state index contributed by atoms with van der Waals surface area (Å²) in [7, 11) is 0. The average molecular weight is 328 g/mol. The Kier molecular flexibility index (Phi) is 9.19. The van der Waals surface area contributed by atoms with Crippen LogP contribution in [0.5, 0.6) is 0 Å². The lowest BCUT2D eigenvalue weighted by Crippen LogP contribution is -2.30. The maximum absolute atomic E-state index is 12.0. The van der Waals surface area contributed by atoms with Crippen LogP contribution in [0.3, 0.4) is 0 Å². The van der Waals surface area contributed by atoms with Gasteiger partial charge < -0.3 is 20.4 Å². The molecular formula is C15H28N4O2S. The minimum Gasteiger partial charge on any atom is -0.446 e. The van der Waals surface area contributed by atoms with E-state index >= 15 is 0 Å². The van der Waals surface area contributed by atoms with Crippen LogP contribution in [0.15, 0.2) is 10.7 Å². The van der Waals surface area contributed by atoms with Crippen LogP contribution in [-0.4, -0.2) is 54.0 Å². The lowest BCUT2D eigenvalue weighted by molar-refractivity contribution is 0.0947. The standard InChI is InChI=1S/C15H28N4O2S/c1-4-19(5-2)9-6-8-17-14(20)13-11-21-15(18-13)12(16)7-10-22-3/h11-12H,4-10,16H2,1-3H3,(H,17,20). The van der Waals surface area contributed by atoms with Crippen LogP contribution in [0.4, 0.5) is 0 Å². The topological polar surface area (TPSA) is 84.4 Å². The molecule has 1 aromatic heterocycles. The van der Waals surface area contributed by atoms with Gasteiger partial charge in [-0.3, -0.25) is 4.79 Å². The number of nitrogens with one attached hydrogen (secondary N) is 1. The number of carbonyl (C=O) groups is 1. The van der Waals surface area contributed by atoms with E-state index in [-0.39, 0.29) is 11.9 Å². The van der Waals surface area contributed by atoms with Gasteiger partial charge in [-0.05, 0) is 44.5 Å². The maximum atomic E-state index is 12.0. The van der Waals surface area contributed by atoms with E-state index < -0.39 is 0 Å². The third kappa shape index (κ3) is 6.37. The summed E-state index contributed by atoms with van der Waals surface area (Å²) in [5, 5.41) is 2.86. The van der Waals surface area contributed by atoms with E-state index in [0.717, 1.165) is 38.2 Å². The monoisotopic (exact) mass is 328 g/mol. The molecule has 0 aromatic carbocycles. The van der Waals surface area contributed by atoms with Crippen molar-refractivity contribution in [2.24, 2.45) is 5.73 Å². The molecule has 0 aliphatic carbocycles. The zero-order valence-corrected chi connectivity index (χ0v) is 14.6. The van der Waals surface area contributed by atoms with Crippen LogP contribution >= 0.6 is 11.8 Å². The second-order valence-electron chi connectivity index (χ2n) is 5.10. The van der Waals surface area contributed by atoms with E-state index in [9.17, 15) is 4.79 Å². The van der Waals surface area contributed by atoms with Gasteiger partial charge in [-0.1, -0.05) is 13.8 Å². The zero-order chi connectivity index (χ0) is 16.4. The predicted molar refractivity (Wildman–Crippen MR) is 91.2 cm³/mol. The van der Waals surface area contributed by atoms with Crippen molar-refractivity contribution in [1.82, 2.24) is 15.2 Å². The molecule has 1 aromatic rings. The first-order valence-corrected chi connectivity index (χ1v) is 9.22. The molecule has 0 saturated carbocycles. The molecule has 1 heterocycles. The predicted octanol–water partition coefficient (Wildman–Crippen LogP) is 1.89. The van der Waals surface area contributed by atoms with Crippen molar-refractivity contribution in [3.63, 3.8) is 0 Å². The number of amides is 1. The van der Waals surface area contributed by atoms with Crippen molar-refractivity contribution in [2.45, 2.75) is 32.7 Å². The normalized spacial score (nSPS) is 12.6. The first kappa shape index (κ1) is 19.0. The maximum Gasteiger partial charge on any atom is 0.273 e. The molecule has 0 bridgehead atoms. The number of aromatic nitrogens is 1. The second kappa shape index (κ2) is 10.6. The quantitative estimate of drug-likeness (QED) is 0.604. The van der Waals surface area contributed by atoms with Gasteiger partial charge in [0.15, 0.2) is 5.69 Å². The number of nitrogens with two attached hydrogens (primary N) is 1. The molecule has 3 N–H and O–H groups in total. The highest BCUT2D eigenvalue weighted by Gasteiger charge is 2.16. The Morgan fingerprint density at radius 3 is 2.86 bits per heavy atom. The molecule has 0 aliphatic rings. The van der Waals surface area contributed by atoms with Crippen molar-refractivity contribution in [2.75, 3.05) is 38.2 Å². The molecule has 1 atom stereocenters. The minimum atomic E-state index is -0.253. The van der Waals surface area contributed by atoms with E-state index in [0.29, 0.717) is 18.1 Å². The highest BCUT2D eigenvalue weighted by atomic mass is 32.2. The summed E-state index contributed by atoms with van der Waals surface area (Å²) >= 11 is 1.72. The molecule has 22 heavy (non-hydrogen) atoms. The van der Waals surface area contributed by atoms with Crippen LogP contribution in [0.2, 0.25) is 0 Å². The summed E-state index contributed by atoms with van der Waals surface area (Å²) < 4.78 is 5.31. The fourth-order valence-corrected chi connectivity index (χ4v) is 2.56. The molecular weight excluding hydrogens is 300 g/mol. The van der Waals surface area contributed by atoms with Crippen LogP contribution in [0.25, 0.3) is 0 Å². The highest BCUT2D eigenvalue weighted by molar-refractivity contribution is 7.98. The number of rotatable bonds is 11. The first-order chi connectivity index (χ1) is 10.6. The van der Waals surface area contributed by atoms with E-state index in [2.05, 4.69) is 29.0 Å². The lowest BCUT2D eigenvalue weighted by Gasteiger charge is -2.17. The summed E-state index contributed by atoms with van der Waals surface area (Å²) in [5.74, 6) is 1.17. The van der Waals surface area contributed by atoms with Gasteiger partial charge in [0.2, 0.25) is 5.89 Å². The van der Waals surface area contributed by atoms with Gasteiger partial charge in [-0.25, -0.2) is 4.98 Å². The van der Waals surface area contributed by atoms with E-state index in [1.807, 2.05) is 6.26 Å². The van der Waals surface area contributed by atoms with Gasteiger partial charge in [-0.2, -0.15) is 11.8 Å². The summed E-state index contributed by atoms with van der Waals surface area (Å²) in [6.07, 6.45) is 5.12. The molecule has 6 nitrogen and oxygen atoms in total. The Bertz CT molecular complexity index is 435. The molecule has 1 unspecified atom stereocenters. The van der Waals surface area contributed by atoms with Crippen molar-refractivity contribution < 1.29 is 9.21 Å². The van der Waals surface area contributed by atoms with Crippen LogP contribution in [0.1, 0.15) is 49.1 Å². The van der Waals surface area contributed by atoms with Gasteiger partial charge in [0.25, 0.3) is 5.91 Å². The SMILES string of the molecule is CCN(CC)CCCNC(=O)c1coc(C(N)CCSC)n1. The van der Waals surface area contributed by atoms with Gasteiger partial charge in [0.05, 0.1) is 6.04 Å². The van der Waals surface area contributed by atoms with Crippen LogP contribution < -0.4 is 11.1 Å². The second-order valence-corrected chi connectivity index (χ2v) is 6.08. The van der Waals surface area contributed by atoms with Crippen LogP contribution in [-0.2, 0) is 0 Å². The van der Waals surface area contributed by atoms with Gasteiger partial charge in [0.1, 0.15) is 6.26 Å². The third-order valence-corrected chi connectivity index (χ3v) is 4.18. The Balaban J connectivity index is 2.35. The van der Waals surface area contributed by atoms with Crippen molar-refractivity contribution in [3.8, 4) is 0 Å². The minimum absolute atomic E-state index is 0.202. The van der Waals surface area contributed by atoms with E-state index in [1.54, 1.807) is 11.8 Å². The number of nitrogens with zero attached hydrogens (tertiary/aromatic N) is 2. The number of carbonyl (C=O) groups excluding carboxylic acids is 1. The number of hydrogen-bond acceptors (Lipinski definition) is 6. The summed E-state index contributed by atoms with van der Waals surface area (Å²) in [5.41, 5.74) is 6.28. The molecule has 7 heteroatoms. The van der Waals surface area contributed by atoms with Crippen LogP contribution in [0, 0.1) is 0 Å². The Morgan fingerprint density at radius 1 is 1.50 bits per heavy atom. The molecule has 1 rings (SSSR count).